The van der Waals surface area contributed by atoms with Gasteiger partial charge in [-0.15, -0.1) is 0 Å². The molecule has 1 fully saturated rings. The minimum Gasteiger partial charge on any atom is -0.306 e. The molecule has 1 N–H and O–H groups in total. The molecule has 72 valence electrons. The van der Waals surface area contributed by atoms with Gasteiger partial charge in [-0.25, -0.2) is 0 Å². The lowest BCUT2D eigenvalue weighted by Crippen LogP contribution is -2.39. The Morgan fingerprint density at radius 3 is 3.21 bits per heavy atom. The predicted octanol–water partition coefficient (Wildman–Crippen LogP) is 1.36. The number of ketones is 1. The summed E-state index contributed by atoms with van der Waals surface area (Å²) in [6.45, 7) is 0.966. The zero-order valence-corrected chi connectivity index (χ0v) is 7.99. The summed E-state index contributed by atoms with van der Waals surface area (Å²) < 4.78 is 0. The first-order chi connectivity index (χ1) is 6.86. The average Bonchev–Trinajstić information content (AvgIpc) is 2.61. The highest BCUT2D eigenvalue weighted by molar-refractivity contribution is 5.99. The monoisotopic (exact) mass is 187 g/mol. The van der Waals surface area contributed by atoms with Crippen molar-refractivity contribution >= 4 is 5.78 Å². The summed E-state index contributed by atoms with van der Waals surface area (Å²) in [6, 6.07) is 0.285. The van der Waals surface area contributed by atoms with E-state index in [1.54, 1.807) is 0 Å². The maximum atomic E-state index is 11.7. The van der Waals surface area contributed by atoms with Gasteiger partial charge in [0.1, 0.15) is 0 Å². The van der Waals surface area contributed by atoms with Gasteiger partial charge < -0.3 is 5.32 Å². The first-order valence-corrected chi connectivity index (χ1v) is 5.22. The van der Waals surface area contributed by atoms with E-state index in [0.717, 1.165) is 25.0 Å². The lowest BCUT2D eigenvalue weighted by molar-refractivity contribution is -0.114. The summed E-state index contributed by atoms with van der Waals surface area (Å²) in [4.78, 5) is 11.7. The van der Waals surface area contributed by atoms with Crippen LogP contribution in [0.4, 0.5) is 0 Å². The topological polar surface area (TPSA) is 29.1 Å². The highest BCUT2D eigenvalue weighted by Crippen LogP contribution is 2.35. The fraction of sp³-hybridized carbons (Fsp3) is 0.417. The van der Waals surface area contributed by atoms with Gasteiger partial charge in [-0.3, -0.25) is 4.79 Å². The Morgan fingerprint density at radius 2 is 2.29 bits per heavy atom. The molecule has 0 spiro atoms. The van der Waals surface area contributed by atoms with E-state index in [1.165, 1.54) is 5.57 Å². The molecule has 2 heteroatoms. The molecule has 3 rings (SSSR count). The molecule has 1 saturated carbocycles. The lowest BCUT2D eigenvalue weighted by atomic mass is 9.86. The Bertz CT molecular complexity index is 376. The molecule has 0 saturated heterocycles. The van der Waals surface area contributed by atoms with E-state index in [4.69, 9.17) is 0 Å². The van der Waals surface area contributed by atoms with Crippen molar-refractivity contribution in [2.45, 2.75) is 18.9 Å². The van der Waals surface area contributed by atoms with Gasteiger partial charge in [-0.2, -0.15) is 0 Å². The number of carbonyl (C=O) groups excluding carboxylic acids is 1. The second-order valence-corrected chi connectivity index (χ2v) is 4.16. The molecule has 0 aromatic carbocycles. The largest absolute Gasteiger partial charge is 0.306 e. The summed E-state index contributed by atoms with van der Waals surface area (Å²) in [5.74, 6) is 0.848. The van der Waals surface area contributed by atoms with Crippen molar-refractivity contribution in [1.82, 2.24) is 5.32 Å². The third kappa shape index (κ3) is 1.04. The van der Waals surface area contributed by atoms with Gasteiger partial charge >= 0.3 is 0 Å². The van der Waals surface area contributed by atoms with Crippen molar-refractivity contribution in [2.75, 3.05) is 6.54 Å². The standard InChI is InChI=1S/C12H13NO/c14-11-6-5-8-7-13-10-4-2-1-3-9(10)12(8)11/h1-4,8,10,13H,5-7H2. The highest BCUT2D eigenvalue weighted by Gasteiger charge is 2.35. The Hall–Kier alpha value is -1.15. The summed E-state index contributed by atoms with van der Waals surface area (Å²) >= 11 is 0. The Kier molecular flexibility index (Phi) is 1.71. The first kappa shape index (κ1) is 8.18. The van der Waals surface area contributed by atoms with Crippen LogP contribution in [0, 0.1) is 5.92 Å². The number of hydrogen-bond donors (Lipinski definition) is 1. The van der Waals surface area contributed by atoms with E-state index in [2.05, 4.69) is 17.5 Å². The van der Waals surface area contributed by atoms with Crippen LogP contribution in [0.2, 0.25) is 0 Å². The molecule has 0 aromatic rings. The predicted molar refractivity (Wildman–Crippen MR) is 54.8 cm³/mol. The van der Waals surface area contributed by atoms with Crippen molar-refractivity contribution in [3.05, 3.63) is 35.5 Å². The van der Waals surface area contributed by atoms with Gasteiger partial charge in [0.2, 0.25) is 0 Å². The third-order valence-corrected chi connectivity index (χ3v) is 3.35. The Labute approximate surface area is 83.4 Å². The Morgan fingerprint density at radius 1 is 1.36 bits per heavy atom. The van der Waals surface area contributed by atoms with E-state index in [-0.39, 0.29) is 6.04 Å². The minimum atomic E-state index is 0.285. The number of carbonyl (C=O) groups is 1. The van der Waals surface area contributed by atoms with Crippen LogP contribution in [0.5, 0.6) is 0 Å². The number of nitrogens with one attached hydrogen (secondary N) is 1. The summed E-state index contributed by atoms with van der Waals surface area (Å²) in [6.07, 6.45) is 10.1. The van der Waals surface area contributed by atoms with E-state index in [9.17, 15) is 4.79 Å². The number of fused-ring (bicyclic) bond motifs is 2. The van der Waals surface area contributed by atoms with Crippen LogP contribution in [0.15, 0.2) is 35.5 Å². The molecule has 0 aromatic heterocycles. The van der Waals surface area contributed by atoms with Crippen molar-refractivity contribution in [1.29, 1.82) is 0 Å². The zero-order valence-electron chi connectivity index (χ0n) is 7.99. The summed E-state index contributed by atoms with van der Waals surface area (Å²) in [5.41, 5.74) is 2.32. The molecule has 14 heavy (non-hydrogen) atoms. The second kappa shape index (κ2) is 2.92. The molecule has 1 aliphatic heterocycles. The second-order valence-electron chi connectivity index (χ2n) is 4.16. The van der Waals surface area contributed by atoms with E-state index in [1.807, 2.05) is 12.2 Å². The van der Waals surface area contributed by atoms with Crippen molar-refractivity contribution in [2.24, 2.45) is 5.92 Å². The SMILES string of the molecule is O=C1CCC2CNC3C=CC=CC3=C12. The quantitative estimate of drug-likeness (QED) is 0.620. The maximum Gasteiger partial charge on any atom is 0.159 e. The Balaban J connectivity index is 2.12. The fourth-order valence-corrected chi connectivity index (χ4v) is 2.66. The number of hydrogen-bond acceptors (Lipinski definition) is 2. The minimum absolute atomic E-state index is 0.285. The molecule has 0 radical (unpaired) electrons. The lowest BCUT2D eigenvalue weighted by Gasteiger charge is -2.29. The average molecular weight is 187 g/mol. The molecule has 3 aliphatic rings. The summed E-state index contributed by atoms with van der Waals surface area (Å²) in [5, 5.41) is 3.46. The number of allylic oxidation sites excluding steroid dienone is 2. The van der Waals surface area contributed by atoms with Crippen LogP contribution in [0.3, 0.4) is 0 Å². The van der Waals surface area contributed by atoms with Gasteiger partial charge in [0.05, 0.1) is 6.04 Å². The van der Waals surface area contributed by atoms with Gasteiger partial charge in [0.25, 0.3) is 0 Å². The normalized spacial score (nSPS) is 34.7. The van der Waals surface area contributed by atoms with Crippen LogP contribution in [-0.4, -0.2) is 18.4 Å². The molecule has 0 amide bonds. The van der Waals surface area contributed by atoms with Crippen molar-refractivity contribution in [3.63, 3.8) is 0 Å². The van der Waals surface area contributed by atoms with Crippen LogP contribution in [0.25, 0.3) is 0 Å². The van der Waals surface area contributed by atoms with E-state index < -0.39 is 0 Å². The van der Waals surface area contributed by atoms with E-state index in [0.29, 0.717) is 11.7 Å². The van der Waals surface area contributed by atoms with Gasteiger partial charge in [0, 0.05) is 24.5 Å². The maximum absolute atomic E-state index is 11.7. The third-order valence-electron chi connectivity index (χ3n) is 3.35. The van der Waals surface area contributed by atoms with Crippen LogP contribution in [-0.2, 0) is 4.79 Å². The molecular weight excluding hydrogens is 174 g/mol. The molecule has 2 unspecified atom stereocenters. The van der Waals surface area contributed by atoms with Gasteiger partial charge in [0.15, 0.2) is 5.78 Å². The van der Waals surface area contributed by atoms with Crippen LogP contribution >= 0.6 is 0 Å². The first-order valence-electron chi connectivity index (χ1n) is 5.22. The van der Waals surface area contributed by atoms with Crippen LogP contribution < -0.4 is 5.32 Å². The van der Waals surface area contributed by atoms with Gasteiger partial charge in [-0.05, 0) is 12.0 Å². The molecule has 0 bridgehead atoms. The van der Waals surface area contributed by atoms with Crippen molar-refractivity contribution in [3.8, 4) is 0 Å². The van der Waals surface area contributed by atoms with Crippen molar-refractivity contribution < 1.29 is 4.79 Å². The van der Waals surface area contributed by atoms with E-state index >= 15 is 0 Å². The molecule has 2 aliphatic carbocycles. The van der Waals surface area contributed by atoms with Gasteiger partial charge in [-0.1, -0.05) is 24.3 Å². The molecular formula is C12H13NO. The molecule has 1 heterocycles. The fourth-order valence-electron chi connectivity index (χ4n) is 2.66. The zero-order chi connectivity index (χ0) is 9.54. The number of Topliss-reactive ketones (excluding diaryl/α,β-unsaturated/α-hetero) is 1. The number of rotatable bonds is 0. The summed E-state index contributed by atoms with van der Waals surface area (Å²) in [7, 11) is 0. The molecule has 2 nitrogen and oxygen atoms in total. The molecule has 2 atom stereocenters. The van der Waals surface area contributed by atoms with Crippen LogP contribution in [0.1, 0.15) is 12.8 Å². The highest BCUT2D eigenvalue weighted by atomic mass is 16.1. The smallest absolute Gasteiger partial charge is 0.159 e.